The molecule has 6 nitrogen and oxygen atoms in total. The summed E-state index contributed by atoms with van der Waals surface area (Å²) in [6, 6.07) is 5.11. The van der Waals surface area contributed by atoms with Crippen molar-refractivity contribution in [3.63, 3.8) is 0 Å². The maximum atomic E-state index is 13.1. The molecule has 0 atom stereocenters. The van der Waals surface area contributed by atoms with Crippen molar-refractivity contribution in [3.8, 4) is 0 Å². The minimum Gasteiger partial charge on any atom is -0.350 e. The quantitative estimate of drug-likeness (QED) is 0.763. The van der Waals surface area contributed by atoms with E-state index in [4.69, 9.17) is 0 Å². The number of aromatic nitrogens is 3. The highest BCUT2D eigenvalue weighted by molar-refractivity contribution is 5.44. The standard InChI is InChI=1S/C20H24F3N5O/c1-26-7-4-14(10-19(26)29)12-27-8-5-16(6-9-27)28(15-2-3-15)18-11-17(20(21,22)23)24-13-25-18/h4,7,10-11,13,15-16H,2-3,5-6,8-9,12H2,1H3. The van der Waals surface area contributed by atoms with Gasteiger partial charge >= 0.3 is 6.18 Å². The summed E-state index contributed by atoms with van der Waals surface area (Å²) in [5.74, 6) is 0.375. The fraction of sp³-hybridized carbons (Fsp3) is 0.550. The average Bonchev–Trinajstić information content (AvgIpc) is 3.51. The van der Waals surface area contributed by atoms with Crippen LogP contribution in [0.3, 0.4) is 0 Å². The molecule has 2 aromatic rings. The number of aryl methyl sites for hydroxylation is 1. The van der Waals surface area contributed by atoms with Gasteiger partial charge in [0.2, 0.25) is 0 Å². The second-order valence-corrected chi connectivity index (χ2v) is 7.89. The minimum absolute atomic E-state index is 0.0264. The molecule has 0 bridgehead atoms. The molecule has 3 heterocycles. The number of pyridine rings is 1. The summed E-state index contributed by atoms with van der Waals surface area (Å²) >= 11 is 0. The summed E-state index contributed by atoms with van der Waals surface area (Å²) in [6.07, 6.45) is 1.99. The van der Waals surface area contributed by atoms with Crippen LogP contribution in [0, 0.1) is 0 Å². The van der Waals surface area contributed by atoms with Gasteiger partial charge in [-0.2, -0.15) is 13.2 Å². The first kappa shape index (κ1) is 19.9. The summed E-state index contributed by atoms with van der Waals surface area (Å²) in [4.78, 5) is 23.7. The predicted molar refractivity (Wildman–Crippen MR) is 103 cm³/mol. The molecule has 2 aliphatic rings. The highest BCUT2D eigenvalue weighted by Crippen LogP contribution is 2.37. The number of piperidine rings is 1. The molecule has 0 radical (unpaired) electrons. The molecule has 2 aromatic heterocycles. The van der Waals surface area contributed by atoms with Gasteiger partial charge in [-0.15, -0.1) is 0 Å². The van der Waals surface area contributed by atoms with Gasteiger partial charge in [-0.1, -0.05) is 0 Å². The van der Waals surface area contributed by atoms with Crippen molar-refractivity contribution in [2.24, 2.45) is 7.05 Å². The van der Waals surface area contributed by atoms with E-state index in [9.17, 15) is 18.0 Å². The van der Waals surface area contributed by atoms with E-state index in [-0.39, 0.29) is 17.6 Å². The zero-order chi connectivity index (χ0) is 20.6. The van der Waals surface area contributed by atoms with Crippen LogP contribution in [0.1, 0.15) is 36.9 Å². The number of anilines is 1. The Morgan fingerprint density at radius 2 is 1.79 bits per heavy atom. The molecule has 2 fully saturated rings. The lowest BCUT2D eigenvalue weighted by Gasteiger charge is -2.39. The fourth-order valence-corrected chi connectivity index (χ4v) is 3.97. The first-order valence-corrected chi connectivity index (χ1v) is 9.87. The Morgan fingerprint density at radius 3 is 2.41 bits per heavy atom. The van der Waals surface area contributed by atoms with Gasteiger partial charge in [-0.25, -0.2) is 9.97 Å². The lowest BCUT2D eigenvalue weighted by atomic mass is 10.0. The monoisotopic (exact) mass is 407 g/mol. The van der Waals surface area contributed by atoms with Crippen molar-refractivity contribution < 1.29 is 13.2 Å². The molecule has 4 rings (SSSR count). The lowest BCUT2D eigenvalue weighted by molar-refractivity contribution is -0.141. The van der Waals surface area contributed by atoms with Crippen LogP contribution in [0.15, 0.2) is 35.5 Å². The van der Waals surface area contributed by atoms with Crippen LogP contribution in [0.4, 0.5) is 19.0 Å². The van der Waals surface area contributed by atoms with Crippen LogP contribution in [0.25, 0.3) is 0 Å². The smallest absolute Gasteiger partial charge is 0.350 e. The van der Waals surface area contributed by atoms with Gasteiger partial charge in [0, 0.05) is 57.1 Å². The van der Waals surface area contributed by atoms with Gasteiger partial charge in [0.1, 0.15) is 17.8 Å². The largest absolute Gasteiger partial charge is 0.433 e. The number of halogens is 3. The fourth-order valence-electron chi connectivity index (χ4n) is 3.97. The molecule has 1 aliphatic carbocycles. The van der Waals surface area contributed by atoms with Crippen LogP contribution >= 0.6 is 0 Å². The lowest BCUT2D eigenvalue weighted by Crippen LogP contribution is -2.46. The summed E-state index contributed by atoms with van der Waals surface area (Å²) in [5.41, 5.74) is 0.0639. The zero-order valence-electron chi connectivity index (χ0n) is 16.3. The zero-order valence-corrected chi connectivity index (χ0v) is 16.3. The molecule has 1 saturated heterocycles. The molecule has 9 heteroatoms. The number of nitrogens with zero attached hydrogens (tertiary/aromatic N) is 5. The highest BCUT2D eigenvalue weighted by atomic mass is 19.4. The predicted octanol–water partition coefficient (Wildman–Crippen LogP) is 2.83. The van der Waals surface area contributed by atoms with E-state index >= 15 is 0 Å². The van der Waals surface area contributed by atoms with Crippen molar-refractivity contribution in [3.05, 3.63) is 52.3 Å². The molecule has 1 saturated carbocycles. The number of hydrogen-bond donors (Lipinski definition) is 0. The maximum Gasteiger partial charge on any atom is 0.433 e. The topological polar surface area (TPSA) is 54.3 Å². The van der Waals surface area contributed by atoms with E-state index in [0.29, 0.717) is 12.4 Å². The molecule has 0 spiro atoms. The van der Waals surface area contributed by atoms with Crippen LogP contribution < -0.4 is 10.5 Å². The molecule has 0 aromatic carbocycles. The Hall–Kier alpha value is -2.42. The first-order chi connectivity index (χ1) is 13.8. The number of alkyl halides is 3. The average molecular weight is 407 g/mol. The van der Waals surface area contributed by atoms with Crippen molar-refractivity contribution in [2.75, 3.05) is 18.0 Å². The Kier molecular flexibility index (Phi) is 5.33. The summed E-state index contributed by atoms with van der Waals surface area (Å²) in [7, 11) is 1.72. The van der Waals surface area contributed by atoms with Gasteiger partial charge in [-0.3, -0.25) is 9.69 Å². The summed E-state index contributed by atoms with van der Waals surface area (Å²) < 4.78 is 40.7. The van der Waals surface area contributed by atoms with E-state index in [1.807, 2.05) is 6.07 Å². The van der Waals surface area contributed by atoms with E-state index < -0.39 is 11.9 Å². The molecule has 0 amide bonds. The van der Waals surface area contributed by atoms with Crippen molar-refractivity contribution in [1.82, 2.24) is 19.4 Å². The number of rotatable bonds is 5. The summed E-state index contributed by atoms with van der Waals surface area (Å²) in [6.45, 7) is 2.37. The normalized spacial score (nSPS) is 18.8. The SMILES string of the molecule is Cn1ccc(CN2CCC(N(c3cc(C(F)(F)F)ncn3)C3CC3)CC2)cc1=O. The maximum absolute atomic E-state index is 13.1. The second-order valence-electron chi connectivity index (χ2n) is 7.89. The Bertz CT molecular complexity index is 917. The van der Waals surface area contributed by atoms with Gasteiger partial charge in [0.05, 0.1) is 0 Å². The molecule has 29 heavy (non-hydrogen) atoms. The van der Waals surface area contributed by atoms with Crippen LogP contribution in [0.2, 0.25) is 0 Å². The van der Waals surface area contributed by atoms with Crippen molar-refractivity contribution in [1.29, 1.82) is 0 Å². The van der Waals surface area contributed by atoms with E-state index in [1.165, 1.54) is 0 Å². The number of likely N-dealkylation sites (tertiary alicyclic amines) is 1. The molecular formula is C20H24F3N5O. The molecule has 1 aliphatic heterocycles. The third-order valence-electron chi connectivity index (χ3n) is 5.67. The highest BCUT2D eigenvalue weighted by Gasteiger charge is 2.38. The van der Waals surface area contributed by atoms with E-state index in [1.54, 1.807) is 23.9 Å². The van der Waals surface area contributed by atoms with Gasteiger partial charge in [0.15, 0.2) is 0 Å². The van der Waals surface area contributed by atoms with E-state index in [2.05, 4.69) is 19.8 Å². The Balaban J connectivity index is 1.43. The van der Waals surface area contributed by atoms with E-state index in [0.717, 1.165) is 56.7 Å². The first-order valence-electron chi connectivity index (χ1n) is 9.87. The van der Waals surface area contributed by atoms with Gasteiger partial charge < -0.3 is 9.47 Å². The second kappa shape index (κ2) is 7.78. The minimum atomic E-state index is -4.47. The Labute approximate surface area is 167 Å². The van der Waals surface area contributed by atoms with Crippen molar-refractivity contribution >= 4 is 5.82 Å². The van der Waals surface area contributed by atoms with Gasteiger partial charge in [0.25, 0.3) is 5.56 Å². The third-order valence-corrected chi connectivity index (χ3v) is 5.67. The number of hydrogen-bond acceptors (Lipinski definition) is 5. The molecule has 0 N–H and O–H groups in total. The molecule has 156 valence electrons. The third kappa shape index (κ3) is 4.60. The Morgan fingerprint density at radius 1 is 1.10 bits per heavy atom. The molecular weight excluding hydrogens is 383 g/mol. The molecule has 0 unspecified atom stereocenters. The van der Waals surface area contributed by atoms with Crippen molar-refractivity contribution in [2.45, 2.75) is 50.5 Å². The summed E-state index contributed by atoms with van der Waals surface area (Å²) in [5, 5.41) is 0. The van der Waals surface area contributed by atoms with Crippen LogP contribution in [-0.2, 0) is 19.8 Å². The van der Waals surface area contributed by atoms with Crippen LogP contribution in [0.5, 0.6) is 0 Å². The van der Waals surface area contributed by atoms with Gasteiger partial charge in [-0.05, 0) is 37.3 Å². The van der Waals surface area contributed by atoms with Crippen LogP contribution in [-0.4, -0.2) is 44.6 Å².